The van der Waals surface area contributed by atoms with Crippen LogP contribution in [-0.2, 0) is 0 Å². The normalized spacial score (nSPS) is 14.9. The van der Waals surface area contributed by atoms with Crippen LogP contribution in [-0.4, -0.2) is 11.8 Å². The molecular weight excluding hydrogens is 211 g/mol. The third-order valence-corrected chi connectivity index (χ3v) is 7.52. The molecule has 1 rings (SSSR count). The molecule has 16 heavy (non-hydrogen) atoms. The lowest BCUT2D eigenvalue weighted by atomic mass is 9.82. The largest absolute Gasteiger partial charge is 0.0722 e. The summed E-state index contributed by atoms with van der Waals surface area (Å²) in [5, 5.41) is 1.87. The Labute approximate surface area is 102 Å². The van der Waals surface area contributed by atoms with Crippen LogP contribution in [0.4, 0.5) is 0 Å². The number of benzene rings is 1. The number of hydrogen-bond acceptors (Lipinski definition) is 0. The Balaban J connectivity index is 3.02. The van der Waals surface area contributed by atoms with E-state index in [9.17, 15) is 0 Å². The molecule has 0 aliphatic rings. The molecule has 0 aliphatic carbocycles. The predicted molar refractivity (Wildman–Crippen MR) is 77.2 cm³/mol. The maximum atomic E-state index is 2.41. The van der Waals surface area contributed by atoms with Gasteiger partial charge in [0.2, 0.25) is 0 Å². The summed E-state index contributed by atoms with van der Waals surface area (Å²) < 4.78 is 0. The van der Waals surface area contributed by atoms with E-state index in [-0.39, 0.29) is 7.92 Å². The van der Waals surface area contributed by atoms with E-state index in [4.69, 9.17) is 0 Å². The van der Waals surface area contributed by atoms with Crippen LogP contribution in [0.3, 0.4) is 0 Å². The highest BCUT2D eigenvalue weighted by Gasteiger charge is 2.38. The minimum atomic E-state index is -0.119. The van der Waals surface area contributed by atoms with Gasteiger partial charge in [-0.3, -0.25) is 0 Å². The molecule has 0 nitrogen and oxygen atoms in total. The SMILES string of the molecule is Cc1ccc(P(C)C(C)(C)C(C)(C)C)cc1. The van der Waals surface area contributed by atoms with Gasteiger partial charge in [-0.25, -0.2) is 0 Å². The Morgan fingerprint density at radius 3 is 1.69 bits per heavy atom. The molecule has 0 bridgehead atoms. The van der Waals surface area contributed by atoms with Crippen LogP contribution in [0.5, 0.6) is 0 Å². The molecular formula is C15H25P. The van der Waals surface area contributed by atoms with Crippen LogP contribution in [0.25, 0.3) is 0 Å². The highest BCUT2D eigenvalue weighted by atomic mass is 31.1. The molecule has 0 saturated heterocycles. The van der Waals surface area contributed by atoms with E-state index in [0.717, 1.165) is 0 Å². The molecule has 0 spiro atoms. The Morgan fingerprint density at radius 2 is 1.31 bits per heavy atom. The highest BCUT2D eigenvalue weighted by Crippen LogP contribution is 2.54. The zero-order valence-corrected chi connectivity index (χ0v) is 12.7. The van der Waals surface area contributed by atoms with E-state index >= 15 is 0 Å². The minimum absolute atomic E-state index is 0.119. The van der Waals surface area contributed by atoms with Gasteiger partial charge in [-0.15, -0.1) is 0 Å². The zero-order chi connectivity index (χ0) is 12.6. The first kappa shape index (κ1) is 13.7. The third kappa shape index (κ3) is 2.66. The van der Waals surface area contributed by atoms with Crippen LogP contribution in [0, 0.1) is 12.3 Å². The van der Waals surface area contributed by atoms with Gasteiger partial charge in [0.05, 0.1) is 0 Å². The number of aryl methyl sites for hydroxylation is 1. The number of rotatable bonds is 2. The van der Waals surface area contributed by atoms with Gasteiger partial charge in [0.25, 0.3) is 0 Å². The van der Waals surface area contributed by atoms with Crippen LogP contribution in [0.1, 0.15) is 40.2 Å². The summed E-state index contributed by atoms with van der Waals surface area (Å²) in [6.07, 6.45) is 0. The average Bonchev–Trinajstić information content (AvgIpc) is 2.16. The van der Waals surface area contributed by atoms with Crippen LogP contribution < -0.4 is 5.30 Å². The van der Waals surface area contributed by atoms with Crippen molar-refractivity contribution < 1.29 is 0 Å². The van der Waals surface area contributed by atoms with Gasteiger partial charge in [-0.1, -0.05) is 72.4 Å². The molecule has 0 radical (unpaired) electrons. The molecule has 0 N–H and O–H groups in total. The van der Waals surface area contributed by atoms with E-state index in [0.29, 0.717) is 10.6 Å². The Hall–Kier alpha value is -0.350. The minimum Gasteiger partial charge on any atom is -0.0722 e. The van der Waals surface area contributed by atoms with Crippen molar-refractivity contribution in [1.82, 2.24) is 0 Å². The second-order valence-corrected chi connectivity index (χ2v) is 8.96. The highest BCUT2D eigenvalue weighted by molar-refractivity contribution is 7.66. The van der Waals surface area contributed by atoms with Gasteiger partial charge in [0.1, 0.15) is 0 Å². The van der Waals surface area contributed by atoms with E-state index in [1.807, 2.05) is 0 Å². The fourth-order valence-electron chi connectivity index (χ4n) is 1.59. The standard InChI is InChI=1S/C15H25P/c1-12-8-10-13(11-9-12)16(7)15(5,6)14(2,3)4/h8-11H,1-7H3. The van der Waals surface area contributed by atoms with Crippen molar-refractivity contribution in [3.63, 3.8) is 0 Å². The zero-order valence-electron chi connectivity index (χ0n) is 11.8. The van der Waals surface area contributed by atoms with Gasteiger partial charge < -0.3 is 0 Å². The second-order valence-electron chi connectivity index (χ2n) is 6.20. The van der Waals surface area contributed by atoms with Crippen molar-refractivity contribution in [3.8, 4) is 0 Å². The Bertz CT molecular complexity index is 341. The molecule has 1 unspecified atom stereocenters. The fraction of sp³-hybridized carbons (Fsp3) is 0.600. The van der Waals surface area contributed by atoms with E-state index < -0.39 is 0 Å². The molecule has 0 aliphatic heterocycles. The summed E-state index contributed by atoms with van der Waals surface area (Å²) in [6, 6.07) is 9.06. The Morgan fingerprint density at radius 1 is 0.875 bits per heavy atom. The van der Waals surface area contributed by atoms with Gasteiger partial charge in [0.15, 0.2) is 0 Å². The van der Waals surface area contributed by atoms with Crippen molar-refractivity contribution in [2.24, 2.45) is 5.41 Å². The first-order valence-corrected chi connectivity index (χ1v) is 7.75. The molecule has 1 aromatic carbocycles. The second kappa shape index (κ2) is 4.49. The predicted octanol–water partition coefficient (Wildman–Crippen LogP) is 4.56. The lowest BCUT2D eigenvalue weighted by Gasteiger charge is -2.44. The molecule has 1 aromatic rings. The summed E-state index contributed by atoms with van der Waals surface area (Å²) in [5.74, 6) is 0. The lowest BCUT2D eigenvalue weighted by Crippen LogP contribution is -2.37. The molecule has 0 heterocycles. The van der Waals surface area contributed by atoms with Crippen molar-refractivity contribution in [2.75, 3.05) is 6.66 Å². The molecule has 0 amide bonds. The van der Waals surface area contributed by atoms with Crippen molar-refractivity contribution in [2.45, 2.75) is 46.7 Å². The molecule has 1 heteroatoms. The molecule has 0 aromatic heterocycles. The monoisotopic (exact) mass is 236 g/mol. The van der Waals surface area contributed by atoms with Crippen molar-refractivity contribution >= 4 is 13.2 Å². The third-order valence-electron chi connectivity index (χ3n) is 4.10. The molecule has 0 saturated carbocycles. The average molecular weight is 236 g/mol. The maximum absolute atomic E-state index is 2.41. The summed E-state index contributed by atoms with van der Waals surface area (Å²) in [4.78, 5) is 0. The quantitative estimate of drug-likeness (QED) is 0.660. The number of hydrogen-bond donors (Lipinski definition) is 0. The first-order valence-electron chi connectivity index (χ1n) is 5.97. The summed E-state index contributed by atoms with van der Waals surface area (Å²) >= 11 is 0. The fourth-order valence-corrected chi connectivity index (χ4v) is 3.84. The molecule has 0 fully saturated rings. The van der Waals surface area contributed by atoms with Gasteiger partial charge in [0, 0.05) is 0 Å². The Kier molecular flexibility index (Phi) is 3.85. The van der Waals surface area contributed by atoms with Gasteiger partial charge >= 0.3 is 0 Å². The van der Waals surface area contributed by atoms with Crippen molar-refractivity contribution in [3.05, 3.63) is 29.8 Å². The first-order chi connectivity index (χ1) is 7.16. The van der Waals surface area contributed by atoms with Gasteiger partial charge in [-0.2, -0.15) is 0 Å². The maximum Gasteiger partial charge on any atom is -0.00649 e. The van der Waals surface area contributed by atoms with E-state index in [1.54, 1.807) is 0 Å². The van der Waals surface area contributed by atoms with Crippen LogP contribution in [0.15, 0.2) is 24.3 Å². The van der Waals surface area contributed by atoms with Crippen molar-refractivity contribution in [1.29, 1.82) is 0 Å². The molecule has 1 atom stereocenters. The summed E-state index contributed by atoms with van der Waals surface area (Å²) in [5.41, 5.74) is 1.69. The molecule has 90 valence electrons. The summed E-state index contributed by atoms with van der Waals surface area (Å²) in [7, 11) is -0.119. The van der Waals surface area contributed by atoms with E-state index in [2.05, 4.69) is 72.5 Å². The summed E-state index contributed by atoms with van der Waals surface area (Å²) in [6.45, 7) is 16.4. The lowest BCUT2D eigenvalue weighted by molar-refractivity contribution is 0.315. The van der Waals surface area contributed by atoms with E-state index in [1.165, 1.54) is 10.9 Å². The topological polar surface area (TPSA) is 0 Å². The van der Waals surface area contributed by atoms with Crippen LogP contribution >= 0.6 is 7.92 Å². The van der Waals surface area contributed by atoms with Crippen LogP contribution in [0.2, 0.25) is 0 Å². The smallest absolute Gasteiger partial charge is 0.00649 e. The van der Waals surface area contributed by atoms with Gasteiger partial charge in [-0.05, 0) is 29.5 Å².